The van der Waals surface area contributed by atoms with Crippen molar-refractivity contribution >= 4 is 15.9 Å². The lowest BCUT2D eigenvalue weighted by Gasteiger charge is -2.20. The maximum absolute atomic E-state index is 13.6. The van der Waals surface area contributed by atoms with Crippen LogP contribution in [0.25, 0.3) is 0 Å². The third-order valence-corrected chi connectivity index (χ3v) is 5.26. The van der Waals surface area contributed by atoms with Gasteiger partial charge in [-0.3, -0.25) is 4.79 Å². The van der Waals surface area contributed by atoms with Crippen molar-refractivity contribution in [3.05, 3.63) is 71.5 Å². The smallest absolute Gasteiger partial charge is 0.224 e. The zero-order chi connectivity index (χ0) is 19.0. The van der Waals surface area contributed by atoms with Crippen molar-refractivity contribution in [2.45, 2.75) is 12.8 Å². The molecule has 0 bridgehead atoms. The molecule has 0 saturated heterocycles. The number of nitrogens with zero attached hydrogens (tertiary/aromatic N) is 1. The van der Waals surface area contributed by atoms with Crippen molar-refractivity contribution in [2.75, 3.05) is 25.9 Å². The fourth-order valence-corrected chi connectivity index (χ4v) is 3.39. The van der Waals surface area contributed by atoms with E-state index in [1.165, 1.54) is 10.4 Å². The van der Waals surface area contributed by atoms with E-state index < -0.39 is 15.8 Å². The first-order chi connectivity index (χ1) is 12.4. The second-order valence-corrected chi connectivity index (χ2v) is 8.00. The molecule has 2 aromatic rings. The van der Waals surface area contributed by atoms with Crippen LogP contribution in [0.15, 0.2) is 54.6 Å². The van der Waals surface area contributed by atoms with E-state index in [0.717, 1.165) is 11.8 Å². The third-order valence-electron chi connectivity index (χ3n) is 3.95. The predicted molar refractivity (Wildman–Crippen MR) is 99.7 cm³/mol. The third kappa shape index (κ3) is 6.57. The number of carbonyl (C=O) groups excluding carboxylic acids is 1. The van der Waals surface area contributed by atoms with Gasteiger partial charge in [0.1, 0.15) is 5.82 Å². The van der Waals surface area contributed by atoms with Gasteiger partial charge in [-0.1, -0.05) is 48.5 Å². The molecule has 5 nitrogen and oxygen atoms in total. The van der Waals surface area contributed by atoms with Gasteiger partial charge in [0.05, 0.1) is 12.7 Å². The van der Waals surface area contributed by atoms with Gasteiger partial charge in [-0.05, 0) is 23.6 Å². The molecule has 0 aliphatic heterocycles. The molecule has 0 heterocycles. The maximum Gasteiger partial charge on any atom is 0.224 e. The summed E-state index contributed by atoms with van der Waals surface area (Å²) in [6, 6.07) is 15.7. The van der Waals surface area contributed by atoms with E-state index in [4.69, 9.17) is 0 Å². The van der Waals surface area contributed by atoms with Gasteiger partial charge in [0.2, 0.25) is 15.9 Å². The standard InChI is InChI=1S/C19H23FN2O3S/c1-26(24,25)22(13-11-16-7-3-2-4-8-16)14-12-21-19(23)15-17-9-5-6-10-18(17)20/h2-10H,11-15H2,1H3,(H,21,23). The second-order valence-electron chi connectivity index (χ2n) is 6.02. The summed E-state index contributed by atoms with van der Waals surface area (Å²) < 4.78 is 38.7. The van der Waals surface area contributed by atoms with E-state index in [1.807, 2.05) is 30.3 Å². The normalized spacial score (nSPS) is 11.5. The summed E-state index contributed by atoms with van der Waals surface area (Å²) in [6.07, 6.45) is 1.67. The molecule has 140 valence electrons. The second kappa shape index (κ2) is 9.45. The quantitative estimate of drug-likeness (QED) is 0.726. The van der Waals surface area contributed by atoms with E-state index in [1.54, 1.807) is 18.2 Å². The molecule has 0 radical (unpaired) electrons. The van der Waals surface area contributed by atoms with Crippen molar-refractivity contribution in [3.63, 3.8) is 0 Å². The number of halogens is 1. The highest BCUT2D eigenvalue weighted by Crippen LogP contribution is 2.07. The van der Waals surface area contributed by atoms with Crippen LogP contribution >= 0.6 is 0 Å². The SMILES string of the molecule is CS(=O)(=O)N(CCNC(=O)Cc1ccccc1F)CCc1ccccc1. The van der Waals surface area contributed by atoms with Gasteiger partial charge in [0, 0.05) is 19.6 Å². The first-order valence-corrected chi connectivity index (χ1v) is 10.2. The van der Waals surface area contributed by atoms with Crippen LogP contribution in [0.4, 0.5) is 4.39 Å². The molecule has 0 aliphatic carbocycles. The summed E-state index contributed by atoms with van der Waals surface area (Å²) in [5.74, 6) is -0.769. The number of carbonyl (C=O) groups is 1. The van der Waals surface area contributed by atoms with Crippen molar-refractivity contribution in [2.24, 2.45) is 0 Å². The van der Waals surface area contributed by atoms with Crippen LogP contribution in [0.3, 0.4) is 0 Å². The Kier molecular flexibility index (Phi) is 7.29. The van der Waals surface area contributed by atoms with Gasteiger partial charge < -0.3 is 5.32 Å². The summed E-state index contributed by atoms with van der Waals surface area (Å²) in [4.78, 5) is 11.9. The fourth-order valence-electron chi connectivity index (χ4n) is 2.54. The van der Waals surface area contributed by atoms with Crippen LogP contribution in [0, 0.1) is 5.82 Å². The van der Waals surface area contributed by atoms with Crippen LogP contribution in [0.2, 0.25) is 0 Å². The van der Waals surface area contributed by atoms with Crippen LogP contribution in [0.1, 0.15) is 11.1 Å². The van der Waals surface area contributed by atoms with E-state index in [-0.39, 0.29) is 25.4 Å². The van der Waals surface area contributed by atoms with Gasteiger partial charge in [0.15, 0.2) is 0 Å². The number of rotatable bonds is 9. The van der Waals surface area contributed by atoms with Crippen molar-refractivity contribution < 1.29 is 17.6 Å². The zero-order valence-electron chi connectivity index (χ0n) is 14.7. The first-order valence-electron chi connectivity index (χ1n) is 8.35. The molecule has 1 N–H and O–H groups in total. The summed E-state index contributed by atoms with van der Waals surface area (Å²) in [5.41, 5.74) is 1.36. The van der Waals surface area contributed by atoms with Gasteiger partial charge in [-0.2, -0.15) is 0 Å². The van der Waals surface area contributed by atoms with E-state index in [2.05, 4.69) is 5.32 Å². The predicted octanol–water partition coefficient (Wildman–Crippen LogP) is 1.99. The number of hydrogen-bond acceptors (Lipinski definition) is 3. The molecule has 0 saturated carbocycles. The Labute approximate surface area is 153 Å². The van der Waals surface area contributed by atoms with Crippen molar-refractivity contribution in [3.8, 4) is 0 Å². The lowest BCUT2D eigenvalue weighted by molar-refractivity contribution is -0.120. The summed E-state index contributed by atoms with van der Waals surface area (Å²) in [6.45, 7) is 0.690. The Bertz CT molecular complexity index is 826. The minimum absolute atomic E-state index is 0.0738. The number of hydrogen-bond donors (Lipinski definition) is 1. The minimum Gasteiger partial charge on any atom is -0.354 e. The molecule has 26 heavy (non-hydrogen) atoms. The van der Waals surface area contributed by atoms with Crippen LogP contribution < -0.4 is 5.32 Å². The molecule has 0 fully saturated rings. The average Bonchev–Trinajstić information content (AvgIpc) is 2.60. The molecule has 2 rings (SSSR count). The number of sulfonamides is 1. The highest BCUT2D eigenvalue weighted by atomic mass is 32.2. The Hall–Kier alpha value is -2.25. The fraction of sp³-hybridized carbons (Fsp3) is 0.316. The number of nitrogens with one attached hydrogen (secondary N) is 1. The molecule has 7 heteroatoms. The van der Waals surface area contributed by atoms with E-state index >= 15 is 0 Å². The Morgan fingerprint density at radius 3 is 2.35 bits per heavy atom. The monoisotopic (exact) mass is 378 g/mol. The highest BCUT2D eigenvalue weighted by molar-refractivity contribution is 7.88. The summed E-state index contributed by atoms with van der Waals surface area (Å²) in [5, 5.41) is 2.65. The number of amides is 1. The molecule has 0 aliphatic rings. The van der Waals surface area contributed by atoms with E-state index in [9.17, 15) is 17.6 Å². The maximum atomic E-state index is 13.6. The van der Waals surface area contributed by atoms with Gasteiger partial charge >= 0.3 is 0 Å². The molecule has 1 amide bonds. The molecule has 0 spiro atoms. The first kappa shape index (κ1) is 20.1. The summed E-state index contributed by atoms with van der Waals surface area (Å²) >= 11 is 0. The van der Waals surface area contributed by atoms with Crippen LogP contribution in [0.5, 0.6) is 0 Å². The van der Waals surface area contributed by atoms with Crippen LogP contribution in [-0.2, 0) is 27.7 Å². The molecule has 0 aromatic heterocycles. The molecule has 2 aromatic carbocycles. The Morgan fingerprint density at radius 1 is 1.04 bits per heavy atom. The molecule has 0 atom stereocenters. The molecule has 0 unspecified atom stereocenters. The molecular weight excluding hydrogens is 355 g/mol. The van der Waals surface area contributed by atoms with Crippen molar-refractivity contribution in [1.82, 2.24) is 9.62 Å². The largest absolute Gasteiger partial charge is 0.354 e. The Balaban J connectivity index is 1.83. The van der Waals surface area contributed by atoms with Crippen molar-refractivity contribution in [1.29, 1.82) is 0 Å². The Morgan fingerprint density at radius 2 is 1.69 bits per heavy atom. The lowest BCUT2D eigenvalue weighted by Crippen LogP contribution is -2.39. The summed E-state index contributed by atoms with van der Waals surface area (Å²) in [7, 11) is -3.38. The minimum atomic E-state index is -3.38. The van der Waals surface area contributed by atoms with Gasteiger partial charge in [0.25, 0.3) is 0 Å². The zero-order valence-corrected chi connectivity index (χ0v) is 15.5. The lowest BCUT2D eigenvalue weighted by atomic mass is 10.1. The van der Waals surface area contributed by atoms with Gasteiger partial charge in [-0.25, -0.2) is 17.1 Å². The number of benzene rings is 2. The topological polar surface area (TPSA) is 66.5 Å². The van der Waals surface area contributed by atoms with Gasteiger partial charge in [-0.15, -0.1) is 0 Å². The van der Waals surface area contributed by atoms with E-state index in [0.29, 0.717) is 18.5 Å². The highest BCUT2D eigenvalue weighted by Gasteiger charge is 2.16. The average molecular weight is 378 g/mol. The molecular formula is C19H23FN2O3S. The van der Waals surface area contributed by atoms with Crippen LogP contribution in [-0.4, -0.2) is 44.5 Å².